The first-order valence-corrected chi connectivity index (χ1v) is 6.12. The van der Waals surface area contributed by atoms with E-state index in [1.54, 1.807) is 0 Å². The number of hydrogen-bond donors (Lipinski definition) is 1. The fraction of sp³-hybridized carbons (Fsp3) is 0.417. The van der Waals surface area contributed by atoms with E-state index in [2.05, 4.69) is 15.9 Å². The second-order valence-electron chi connectivity index (χ2n) is 3.50. The Morgan fingerprint density at radius 3 is 2.75 bits per heavy atom. The molecule has 0 aliphatic heterocycles. The van der Waals surface area contributed by atoms with Gasteiger partial charge in [0.1, 0.15) is 6.61 Å². The first-order valence-electron chi connectivity index (χ1n) is 5.33. The van der Waals surface area contributed by atoms with Crippen molar-refractivity contribution >= 4 is 21.9 Å². The summed E-state index contributed by atoms with van der Waals surface area (Å²) in [5, 5.41) is 0. The van der Waals surface area contributed by atoms with Crippen molar-refractivity contribution in [2.75, 3.05) is 6.54 Å². The van der Waals surface area contributed by atoms with Gasteiger partial charge in [-0.05, 0) is 25.5 Å². The van der Waals surface area contributed by atoms with Crippen molar-refractivity contribution in [3.8, 4) is 0 Å². The van der Waals surface area contributed by atoms with E-state index in [1.807, 2.05) is 24.3 Å². The molecule has 0 saturated carbocycles. The minimum absolute atomic E-state index is 0.163. The van der Waals surface area contributed by atoms with E-state index in [4.69, 9.17) is 10.5 Å². The SMILES string of the molecule is NCCCCC(=O)OCc1ccccc1Br. The zero-order valence-corrected chi connectivity index (χ0v) is 10.7. The van der Waals surface area contributed by atoms with Crippen LogP contribution in [0.3, 0.4) is 0 Å². The van der Waals surface area contributed by atoms with Crippen LogP contribution in [0.2, 0.25) is 0 Å². The van der Waals surface area contributed by atoms with Gasteiger partial charge in [-0.15, -0.1) is 0 Å². The summed E-state index contributed by atoms with van der Waals surface area (Å²) in [6, 6.07) is 7.70. The number of unbranched alkanes of at least 4 members (excludes halogenated alkanes) is 1. The maximum absolute atomic E-state index is 11.3. The topological polar surface area (TPSA) is 52.3 Å². The van der Waals surface area contributed by atoms with Crippen LogP contribution in [0.4, 0.5) is 0 Å². The summed E-state index contributed by atoms with van der Waals surface area (Å²) in [6.07, 6.45) is 2.11. The molecule has 0 aromatic heterocycles. The molecule has 16 heavy (non-hydrogen) atoms. The van der Waals surface area contributed by atoms with Gasteiger partial charge in [0.2, 0.25) is 0 Å². The Hall–Kier alpha value is -0.870. The Labute approximate surface area is 104 Å². The highest BCUT2D eigenvalue weighted by atomic mass is 79.9. The van der Waals surface area contributed by atoms with Crippen molar-refractivity contribution < 1.29 is 9.53 Å². The highest BCUT2D eigenvalue weighted by Crippen LogP contribution is 2.16. The predicted molar refractivity (Wildman–Crippen MR) is 66.8 cm³/mol. The first-order chi connectivity index (χ1) is 7.74. The summed E-state index contributed by atoms with van der Waals surface area (Å²) < 4.78 is 6.11. The summed E-state index contributed by atoms with van der Waals surface area (Å²) in [5.74, 6) is -0.163. The van der Waals surface area contributed by atoms with Gasteiger partial charge in [0, 0.05) is 16.5 Å². The number of rotatable bonds is 6. The second kappa shape index (κ2) is 7.41. The Balaban J connectivity index is 2.29. The molecule has 0 saturated heterocycles. The number of nitrogens with two attached hydrogens (primary N) is 1. The molecule has 0 spiro atoms. The predicted octanol–water partition coefficient (Wildman–Crippen LogP) is 2.62. The molecule has 0 unspecified atom stereocenters. The van der Waals surface area contributed by atoms with E-state index in [0.29, 0.717) is 19.6 Å². The summed E-state index contributed by atoms with van der Waals surface area (Å²) in [5.41, 5.74) is 6.32. The highest BCUT2D eigenvalue weighted by molar-refractivity contribution is 9.10. The zero-order chi connectivity index (χ0) is 11.8. The summed E-state index contributed by atoms with van der Waals surface area (Å²) >= 11 is 3.40. The molecule has 0 heterocycles. The molecule has 4 heteroatoms. The van der Waals surface area contributed by atoms with E-state index in [1.165, 1.54) is 0 Å². The van der Waals surface area contributed by atoms with Crippen molar-refractivity contribution in [3.63, 3.8) is 0 Å². The minimum Gasteiger partial charge on any atom is -0.461 e. The Bertz CT molecular complexity index is 342. The zero-order valence-electron chi connectivity index (χ0n) is 9.12. The molecule has 0 fully saturated rings. The van der Waals surface area contributed by atoms with Gasteiger partial charge in [-0.1, -0.05) is 34.1 Å². The number of halogens is 1. The van der Waals surface area contributed by atoms with E-state index in [9.17, 15) is 4.79 Å². The number of benzene rings is 1. The van der Waals surface area contributed by atoms with Gasteiger partial charge in [0.25, 0.3) is 0 Å². The van der Waals surface area contributed by atoms with Crippen LogP contribution in [-0.2, 0) is 16.1 Å². The number of carbonyl (C=O) groups excluding carboxylic acids is 1. The summed E-state index contributed by atoms with van der Waals surface area (Å²) in [7, 11) is 0. The maximum Gasteiger partial charge on any atom is 0.306 e. The molecule has 1 rings (SSSR count). The minimum atomic E-state index is -0.163. The molecule has 88 valence electrons. The van der Waals surface area contributed by atoms with Gasteiger partial charge in [-0.25, -0.2) is 0 Å². The van der Waals surface area contributed by atoms with Crippen LogP contribution >= 0.6 is 15.9 Å². The van der Waals surface area contributed by atoms with Crippen molar-refractivity contribution in [2.45, 2.75) is 25.9 Å². The molecular weight excluding hydrogens is 270 g/mol. The molecule has 0 radical (unpaired) electrons. The smallest absolute Gasteiger partial charge is 0.306 e. The number of ether oxygens (including phenoxy) is 1. The Morgan fingerprint density at radius 1 is 1.31 bits per heavy atom. The van der Waals surface area contributed by atoms with Gasteiger partial charge in [-0.2, -0.15) is 0 Å². The van der Waals surface area contributed by atoms with Crippen LogP contribution in [0.15, 0.2) is 28.7 Å². The molecule has 1 aromatic carbocycles. The third-order valence-electron chi connectivity index (χ3n) is 2.18. The van der Waals surface area contributed by atoms with Gasteiger partial charge < -0.3 is 10.5 Å². The highest BCUT2D eigenvalue weighted by Gasteiger charge is 2.04. The van der Waals surface area contributed by atoms with Crippen molar-refractivity contribution in [2.24, 2.45) is 5.73 Å². The van der Waals surface area contributed by atoms with Crippen LogP contribution in [0.1, 0.15) is 24.8 Å². The lowest BCUT2D eigenvalue weighted by Gasteiger charge is -2.06. The molecule has 0 amide bonds. The third-order valence-corrected chi connectivity index (χ3v) is 2.96. The molecular formula is C12H16BrNO2. The van der Waals surface area contributed by atoms with Crippen LogP contribution in [0.5, 0.6) is 0 Å². The standard InChI is InChI=1S/C12H16BrNO2/c13-11-6-2-1-5-10(11)9-16-12(15)7-3-4-8-14/h1-2,5-6H,3-4,7-9,14H2. The van der Waals surface area contributed by atoms with Gasteiger partial charge in [0.05, 0.1) is 0 Å². The summed E-state index contributed by atoms with van der Waals surface area (Å²) in [6.45, 7) is 0.945. The van der Waals surface area contributed by atoms with E-state index >= 15 is 0 Å². The van der Waals surface area contributed by atoms with E-state index in [-0.39, 0.29) is 5.97 Å². The van der Waals surface area contributed by atoms with Crippen molar-refractivity contribution in [1.29, 1.82) is 0 Å². The van der Waals surface area contributed by atoms with Crippen LogP contribution in [0, 0.1) is 0 Å². The second-order valence-corrected chi connectivity index (χ2v) is 4.35. The lowest BCUT2D eigenvalue weighted by atomic mass is 10.2. The fourth-order valence-corrected chi connectivity index (χ4v) is 1.66. The quantitative estimate of drug-likeness (QED) is 0.646. The molecule has 0 aliphatic rings. The van der Waals surface area contributed by atoms with Crippen molar-refractivity contribution in [3.05, 3.63) is 34.3 Å². The average molecular weight is 286 g/mol. The third kappa shape index (κ3) is 4.77. The number of carbonyl (C=O) groups is 1. The van der Waals surface area contributed by atoms with Crippen LogP contribution in [-0.4, -0.2) is 12.5 Å². The fourth-order valence-electron chi connectivity index (χ4n) is 1.26. The Kier molecular flexibility index (Phi) is 6.11. The van der Waals surface area contributed by atoms with Crippen LogP contribution < -0.4 is 5.73 Å². The molecule has 1 aromatic rings. The van der Waals surface area contributed by atoms with Gasteiger partial charge in [0.15, 0.2) is 0 Å². The number of hydrogen-bond acceptors (Lipinski definition) is 3. The largest absolute Gasteiger partial charge is 0.461 e. The first kappa shape index (κ1) is 13.2. The van der Waals surface area contributed by atoms with Gasteiger partial charge in [-0.3, -0.25) is 4.79 Å². The van der Waals surface area contributed by atoms with E-state index < -0.39 is 0 Å². The molecule has 0 atom stereocenters. The molecule has 0 bridgehead atoms. The van der Waals surface area contributed by atoms with Crippen molar-refractivity contribution in [1.82, 2.24) is 0 Å². The van der Waals surface area contributed by atoms with E-state index in [0.717, 1.165) is 22.9 Å². The molecule has 0 aliphatic carbocycles. The maximum atomic E-state index is 11.3. The normalized spacial score (nSPS) is 10.1. The average Bonchev–Trinajstić information content (AvgIpc) is 2.28. The lowest BCUT2D eigenvalue weighted by molar-refractivity contribution is -0.145. The number of esters is 1. The van der Waals surface area contributed by atoms with Crippen LogP contribution in [0.25, 0.3) is 0 Å². The monoisotopic (exact) mass is 285 g/mol. The van der Waals surface area contributed by atoms with Gasteiger partial charge >= 0.3 is 5.97 Å². The lowest BCUT2D eigenvalue weighted by Crippen LogP contribution is -2.06. The Morgan fingerprint density at radius 2 is 2.06 bits per heavy atom. The molecule has 2 N–H and O–H groups in total. The molecule has 3 nitrogen and oxygen atoms in total. The summed E-state index contributed by atoms with van der Waals surface area (Å²) in [4.78, 5) is 11.3.